The molecule has 1 aliphatic rings. The van der Waals surface area contributed by atoms with Crippen LogP contribution in [0.25, 0.3) is 11.1 Å². The molecule has 2 aromatic rings. The minimum absolute atomic E-state index is 0.261. The normalized spacial score (nSPS) is 13.7. The number of rotatable bonds is 1. The van der Waals surface area contributed by atoms with Crippen molar-refractivity contribution < 1.29 is 0 Å². The molecule has 15 heavy (non-hydrogen) atoms. The fourth-order valence-electron chi connectivity index (χ4n) is 2.40. The van der Waals surface area contributed by atoms with Crippen LogP contribution in [0.15, 0.2) is 48.5 Å². The van der Waals surface area contributed by atoms with Crippen LogP contribution in [-0.2, 0) is 0 Å². The Kier molecular flexibility index (Phi) is 1.86. The van der Waals surface area contributed by atoms with E-state index in [-0.39, 0.29) is 5.92 Å². The lowest BCUT2D eigenvalue weighted by Gasteiger charge is -2.08. The molecule has 0 amide bonds. The first-order chi connectivity index (χ1) is 7.42. The van der Waals surface area contributed by atoms with Gasteiger partial charge in [0.2, 0.25) is 0 Å². The molecular weight excluding hydrogens is 182 g/mol. The quantitative estimate of drug-likeness (QED) is 0.742. The predicted molar refractivity (Wildman–Crippen MR) is 62.2 cm³/mol. The summed E-state index contributed by atoms with van der Waals surface area (Å²) >= 11 is 0. The van der Waals surface area contributed by atoms with E-state index in [9.17, 15) is 0 Å². The van der Waals surface area contributed by atoms with Gasteiger partial charge in [0.15, 0.2) is 0 Å². The summed E-state index contributed by atoms with van der Waals surface area (Å²) in [5, 5.41) is 0. The average molecular weight is 194 g/mol. The minimum Gasteiger partial charge on any atom is -0.326 e. The summed E-state index contributed by atoms with van der Waals surface area (Å²) in [7, 11) is 0. The van der Waals surface area contributed by atoms with Gasteiger partial charge in [-0.2, -0.15) is 0 Å². The van der Waals surface area contributed by atoms with Gasteiger partial charge in [-0.05, 0) is 22.3 Å². The molecule has 0 unspecified atom stereocenters. The van der Waals surface area contributed by atoms with Gasteiger partial charge in [-0.15, -0.1) is 0 Å². The van der Waals surface area contributed by atoms with E-state index in [1.54, 1.807) is 6.54 Å². The van der Waals surface area contributed by atoms with Crippen molar-refractivity contribution in [2.24, 2.45) is 5.73 Å². The summed E-state index contributed by atoms with van der Waals surface area (Å²) in [5.41, 5.74) is 11.0. The maximum absolute atomic E-state index is 5.74. The molecule has 0 heterocycles. The van der Waals surface area contributed by atoms with Crippen LogP contribution in [0.2, 0.25) is 0 Å². The molecule has 0 saturated heterocycles. The van der Waals surface area contributed by atoms with Gasteiger partial charge in [-0.25, -0.2) is 0 Å². The summed E-state index contributed by atoms with van der Waals surface area (Å²) in [4.78, 5) is 0. The van der Waals surface area contributed by atoms with Crippen LogP contribution in [0.1, 0.15) is 17.0 Å². The number of nitrogens with two attached hydrogens (primary N) is 1. The maximum atomic E-state index is 5.74. The van der Waals surface area contributed by atoms with E-state index < -0.39 is 0 Å². The zero-order chi connectivity index (χ0) is 10.3. The van der Waals surface area contributed by atoms with Crippen LogP contribution in [0.5, 0.6) is 0 Å². The Balaban J connectivity index is 2.31. The summed E-state index contributed by atoms with van der Waals surface area (Å²) < 4.78 is 0. The third-order valence-corrected chi connectivity index (χ3v) is 3.07. The predicted octanol–water partition coefficient (Wildman–Crippen LogP) is 2.92. The Morgan fingerprint density at radius 1 is 0.800 bits per heavy atom. The summed E-state index contributed by atoms with van der Waals surface area (Å²) in [5.74, 6) is 0.261. The molecule has 0 fully saturated rings. The number of benzene rings is 2. The maximum Gasteiger partial charge on any atom is 0.0313 e. The van der Waals surface area contributed by atoms with Crippen molar-refractivity contribution in [1.29, 1.82) is 0 Å². The standard InChI is InChI=1S/C14H12N/c15-9-14-12-7-3-1-5-10(12)11-6-2-4-8-13(11)14/h1-9,14H,15H2. The molecule has 3 rings (SSSR count). The average Bonchev–Trinajstić information content (AvgIpc) is 2.63. The van der Waals surface area contributed by atoms with E-state index in [1.165, 1.54) is 22.3 Å². The third kappa shape index (κ3) is 1.13. The van der Waals surface area contributed by atoms with Crippen LogP contribution in [0.4, 0.5) is 0 Å². The Bertz CT molecular complexity index is 457. The van der Waals surface area contributed by atoms with Crippen molar-refractivity contribution in [3.63, 3.8) is 0 Å². The molecule has 1 heteroatoms. The Morgan fingerprint density at radius 2 is 1.27 bits per heavy atom. The van der Waals surface area contributed by atoms with Gasteiger partial charge in [0.25, 0.3) is 0 Å². The first-order valence-electron chi connectivity index (χ1n) is 5.15. The van der Waals surface area contributed by atoms with Gasteiger partial charge in [0, 0.05) is 12.5 Å². The molecule has 0 saturated carbocycles. The van der Waals surface area contributed by atoms with E-state index in [2.05, 4.69) is 48.5 Å². The van der Waals surface area contributed by atoms with Crippen molar-refractivity contribution in [3.05, 3.63) is 66.2 Å². The Labute approximate surface area is 89.6 Å². The Morgan fingerprint density at radius 3 is 1.73 bits per heavy atom. The number of hydrogen-bond donors (Lipinski definition) is 1. The largest absolute Gasteiger partial charge is 0.326 e. The van der Waals surface area contributed by atoms with Crippen molar-refractivity contribution in [3.8, 4) is 11.1 Å². The smallest absolute Gasteiger partial charge is 0.0313 e. The van der Waals surface area contributed by atoms with Crippen LogP contribution < -0.4 is 5.73 Å². The summed E-state index contributed by atoms with van der Waals surface area (Å²) in [6.45, 7) is 1.78. The summed E-state index contributed by atoms with van der Waals surface area (Å²) in [6.07, 6.45) is 0. The highest BCUT2D eigenvalue weighted by molar-refractivity contribution is 5.79. The van der Waals surface area contributed by atoms with E-state index in [1.807, 2.05) is 0 Å². The van der Waals surface area contributed by atoms with Crippen LogP contribution >= 0.6 is 0 Å². The third-order valence-electron chi connectivity index (χ3n) is 3.07. The van der Waals surface area contributed by atoms with E-state index in [4.69, 9.17) is 5.73 Å². The monoisotopic (exact) mass is 194 g/mol. The molecule has 1 radical (unpaired) electrons. The van der Waals surface area contributed by atoms with Gasteiger partial charge < -0.3 is 5.73 Å². The van der Waals surface area contributed by atoms with Gasteiger partial charge in [0.05, 0.1) is 0 Å². The Hall–Kier alpha value is -1.60. The van der Waals surface area contributed by atoms with Crippen LogP contribution in [0, 0.1) is 6.54 Å². The highest BCUT2D eigenvalue weighted by Gasteiger charge is 2.26. The first kappa shape index (κ1) is 8.69. The fraction of sp³-hybridized carbons (Fsp3) is 0.0714. The van der Waals surface area contributed by atoms with E-state index in [0.29, 0.717) is 0 Å². The van der Waals surface area contributed by atoms with Crippen molar-refractivity contribution in [1.82, 2.24) is 0 Å². The topological polar surface area (TPSA) is 26.0 Å². The first-order valence-corrected chi connectivity index (χ1v) is 5.15. The van der Waals surface area contributed by atoms with Gasteiger partial charge in [-0.3, -0.25) is 0 Å². The van der Waals surface area contributed by atoms with E-state index in [0.717, 1.165) is 0 Å². The zero-order valence-corrected chi connectivity index (χ0v) is 8.35. The molecule has 0 aromatic heterocycles. The molecule has 73 valence electrons. The highest BCUT2D eigenvalue weighted by Crippen LogP contribution is 2.44. The lowest BCUT2D eigenvalue weighted by atomic mass is 9.97. The van der Waals surface area contributed by atoms with Gasteiger partial charge in [-0.1, -0.05) is 48.5 Å². The van der Waals surface area contributed by atoms with Crippen molar-refractivity contribution in [2.75, 3.05) is 0 Å². The van der Waals surface area contributed by atoms with Crippen molar-refractivity contribution in [2.45, 2.75) is 5.92 Å². The molecular formula is C14H12N. The van der Waals surface area contributed by atoms with Gasteiger partial charge in [0.1, 0.15) is 0 Å². The molecule has 1 aliphatic carbocycles. The molecule has 0 aliphatic heterocycles. The molecule has 2 aromatic carbocycles. The molecule has 0 spiro atoms. The fourth-order valence-corrected chi connectivity index (χ4v) is 2.40. The van der Waals surface area contributed by atoms with Crippen LogP contribution in [0.3, 0.4) is 0 Å². The second-order valence-electron chi connectivity index (χ2n) is 3.84. The lowest BCUT2D eigenvalue weighted by molar-refractivity contribution is 0.952. The molecule has 2 N–H and O–H groups in total. The minimum atomic E-state index is 0.261. The SMILES string of the molecule is N[CH]C1c2ccccc2-c2ccccc21. The number of fused-ring (bicyclic) bond motifs is 3. The second-order valence-corrected chi connectivity index (χ2v) is 3.84. The zero-order valence-electron chi connectivity index (χ0n) is 8.35. The molecule has 0 bridgehead atoms. The highest BCUT2D eigenvalue weighted by atomic mass is 14.6. The molecule has 0 atom stereocenters. The van der Waals surface area contributed by atoms with Crippen molar-refractivity contribution >= 4 is 0 Å². The summed E-state index contributed by atoms with van der Waals surface area (Å²) in [6, 6.07) is 16.9. The lowest BCUT2D eigenvalue weighted by Crippen LogP contribution is -2.04. The van der Waals surface area contributed by atoms with Gasteiger partial charge >= 0.3 is 0 Å². The second kappa shape index (κ2) is 3.21. The van der Waals surface area contributed by atoms with E-state index >= 15 is 0 Å². The number of hydrogen-bond acceptors (Lipinski definition) is 1. The van der Waals surface area contributed by atoms with Crippen LogP contribution in [-0.4, -0.2) is 0 Å². The molecule has 1 nitrogen and oxygen atoms in total.